The molecule has 0 bridgehead atoms. The van der Waals surface area contributed by atoms with Gasteiger partial charge in [-0.05, 0) is 60.9 Å². The van der Waals surface area contributed by atoms with Crippen LogP contribution < -0.4 is 5.32 Å². The molecule has 0 saturated carbocycles. The molecule has 1 unspecified atom stereocenters. The molecular weight excluding hydrogens is 330 g/mol. The van der Waals surface area contributed by atoms with E-state index in [1.54, 1.807) is 6.92 Å². The van der Waals surface area contributed by atoms with Crippen LogP contribution in [0.2, 0.25) is 0 Å². The molecule has 1 heterocycles. The van der Waals surface area contributed by atoms with Crippen molar-refractivity contribution in [2.45, 2.75) is 32.2 Å². The topological polar surface area (TPSA) is 46.2 Å². The van der Waals surface area contributed by atoms with E-state index in [0.29, 0.717) is 0 Å². The fraction of sp³-hybridized carbons (Fsp3) is 0.238. The molecule has 0 saturated heterocycles. The summed E-state index contributed by atoms with van der Waals surface area (Å²) in [7, 11) is 0. The Morgan fingerprint density at radius 3 is 2.76 bits per heavy atom. The Morgan fingerprint density at radius 1 is 1.12 bits per heavy atom. The van der Waals surface area contributed by atoms with Crippen molar-refractivity contribution < 1.29 is 9.59 Å². The van der Waals surface area contributed by atoms with Gasteiger partial charge in [0.05, 0.1) is 10.9 Å². The molecule has 3 nitrogen and oxygen atoms in total. The van der Waals surface area contributed by atoms with Gasteiger partial charge in [-0.15, -0.1) is 11.3 Å². The Labute approximate surface area is 150 Å². The van der Waals surface area contributed by atoms with E-state index in [1.165, 1.54) is 16.9 Å². The summed E-state index contributed by atoms with van der Waals surface area (Å²) in [4.78, 5) is 25.0. The van der Waals surface area contributed by atoms with Crippen molar-refractivity contribution in [2.24, 2.45) is 0 Å². The van der Waals surface area contributed by atoms with Gasteiger partial charge in [-0.3, -0.25) is 9.59 Å². The lowest BCUT2D eigenvalue weighted by molar-refractivity contribution is 0.0935. The van der Waals surface area contributed by atoms with Crippen molar-refractivity contribution in [3.05, 3.63) is 70.1 Å². The molecule has 3 aromatic rings. The van der Waals surface area contributed by atoms with E-state index in [2.05, 4.69) is 5.32 Å². The third-order valence-electron chi connectivity index (χ3n) is 4.82. The lowest BCUT2D eigenvalue weighted by Gasteiger charge is -2.26. The zero-order valence-electron chi connectivity index (χ0n) is 14.0. The lowest BCUT2D eigenvalue weighted by Crippen LogP contribution is -2.30. The molecule has 1 N–H and O–H groups in total. The van der Waals surface area contributed by atoms with Crippen molar-refractivity contribution >= 4 is 33.1 Å². The number of rotatable bonds is 3. The van der Waals surface area contributed by atoms with Crippen LogP contribution in [0.25, 0.3) is 10.1 Å². The number of ketones is 1. The summed E-state index contributed by atoms with van der Waals surface area (Å²) in [5.41, 5.74) is 3.07. The molecule has 2 aromatic carbocycles. The van der Waals surface area contributed by atoms with E-state index in [1.807, 2.05) is 48.5 Å². The second kappa shape index (κ2) is 6.45. The quantitative estimate of drug-likeness (QED) is 0.683. The summed E-state index contributed by atoms with van der Waals surface area (Å²) in [6.45, 7) is 1.59. The highest BCUT2D eigenvalue weighted by atomic mass is 32.1. The summed E-state index contributed by atoms with van der Waals surface area (Å²) < 4.78 is 1.13. The number of aryl methyl sites for hydroxylation is 1. The molecule has 0 aliphatic heterocycles. The van der Waals surface area contributed by atoms with Gasteiger partial charge < -0.3 is 5.32 Å². The van der Waals surface area contributed by atoms with Crippen molar-refractivity contribution in [1.29, 1.82) is 0 Å². The van der Waals surface area contributed by atoms with Gasteiger partial charge in [0.15, 0.2) is 5.78 Å². The highest BCUT2D eigenvalue weighted by molar-refractivity contribution is 7.20. The molecule has 0 fully saturated rings. The maximum absolute atomic E-state index is 12.7. The number of amides is 1. The average molecular weight is 349 g/mol. The molecule has 126 valence electrons. The molecule has 1 atom stereocenters. The second-order valence-corrected chi connectivity index (χ2v) is 7.62. The van der Waals surface area contributed by atoms with Crippen molar-refractivity contribution in [2.75, 3.05) is 0 Å². The third-order valence-corrected chi connectivity index (χ3v) is 5.93. The molecule has 25 heavy (non-hydrogen) atoms. The van der Waals surface area contributed by atoms with E-state index in [9.17, 15) is 9.59 Å². The number of hydrogen-bond acceptors (Lipinski definition) is 3. The monoisotopic (exact) mass is 349 g/mol. The first-order valence-corrected chi connectivity index (χ1v) is 9.36. The highest BCUT2D eigenvalue weighted by Gasteiger charge is 2.23. The van der Waals surface area contributed by atoms with Gasteiger partial charge in [0.1, 0.15) is 0 Å². The van der Waals surface area contributed by atoms with Crippen LogP contribution in [0.4, 0.5) is 0 Å². The third kappa shape index (κ3) is 3.10. The molecule has 1 aliphatic rings. The number of hydrogen-bond donors (Lipinski definition) is 1. The molecule has 1 aliphatic carbocycles. The van der Waals surface area contributed by atoms with Gasteiger partial charge in [0.2, 0.25) is 0 Å². The Kier molecular flexibility index (Phi) is 4.14. The van der Waals surface area contributed by atoms with Crippen LogP contribution >= 0.6 is 11.3 Å². The predicted molar refractivity (Wildman–Crippen MR) is 101 cm³/mol. The maximum atomic E-state index is 12.7. The zero-order valence-corrected chi connectivity index (χ0v) is 14.9. The van der Waals surface area contributed by atoms with Gasteiger partial charge >= 0.3 is 0 Å². The molecule has 4 rings (SSSR count). The molecule has 0 radical (unpaired) electrons. The highest BCUT2D eigenvalue weighted by Crippen LogP contribution is 2.32. The van der Waals surface area contributed by atoms with Gasteiger partial charge in [-0.2, -0.15) is 0 Å². The number of carbonyl (C=O) groups is 2. The largest absolute Gasteiger partial charge is 0.345 e. The van der Waals surface area contributed by atoms with Crippen LogP contribution in [0.1, 0.15) is 57.0 Å². The van der Waals surface area contributed by atoms with Crippen LogP contribution in [0.15, 0.2) is 48.5 Å². The van der Waals surface area contributed by atoms with Crippen LogP contribution in [0, 0.1) is 0 Å². The maximum Gasteiger partial charge on any atom is 0.261 e. The smallest absolute Gasteiger partial charge is 0.261 e. The van der Waals surface area contributed by atoms with E-state index >= 15 is 0 Å². The summed E-state index contributed by atoms with van der Waals surface area (Å²) in [6.07, 6.45) is 2.92. The number of nitrogens with one attached hydrogen (secondary N) is 1. The first-order valence-electron chi connectivity index (χ1n) is 8.55. The molecule has 0 spiro atoms. The van der Waals surface area contributed by atoms with Crippen molar-refractivity contribution in [1.82, 2.24) is 5.32 Å². The van der Waals surface area contributed by atoms with Crippen molar-refractivity contribution in [3.63, 3.8) is 0 Å². The minimum Gasteiger partial charge on any atom is -0.345 e. The predicted octanol–water partition coefficient (Wildman–Crippen LogP) is 4.91. The lowest BCUT2D eigenvalue weighted by atomic mass is 9.86. The Morgan fingerprint density at radius 2 is 1.96 bits per heavy atom. The zero-order chi connectivity index (χ0) is 17.4. The van der Waals surface area contributed by atoms with Crippen LogP contribution in [-0.4, -0.2) is 11.7 Å². The summed E-state index contributed by atoms with van der Waals surface area (Å²) >= 11 is 1.52. The summed E-state index contributed by atoms with van der Waals surface area (Å²) in [5, 5.41) is 4.29. The van der Waals surface area contributed by atoms with Gasteiger partial charge in [-0.1, -0.05) is 30.3 Å². The summed E-state index contributed by atoms with van der Waals surface area (Å²) in [6, 6.07) is 15.9. The number of thiophene rings is 1. The minimum absolute atomic E-state index is 0.0162. The van der Waals surface area contributed by atoms with E-state index in [4.69, 9.17) is 0 Å². The van der Waals surface area contributed by atoms with E-state index < -0.39 is 0 Å². The first-order chi connectivity index (χ1) is 12.1. The number of carbonyl (C=O) groups excluding carboxylic acids is 2. The van der Waals surface area contributed by atoms with Crippen LogP contribution in [0.5, 0.6) is 0 Å². The van der Waals surface area contributed by atoms with Gasteiger partial charge in [0.25, 0.3) is 5.91 Å². The standard InChI is InChI=1S/C21H19NO2S/c1-13(23)14-9-10-17-15(11-14)6-4-7-18(17)22-21(24)20-12-16-5-2-3-8-19(16)25-20/h2-3,5,8-12,18H,4,6-7H2,1H3,(H,22,24). The first kappa shape index (κ1) is 16.0. The van der Waals surface area contributed by atoms with Crippen LogP contribution in [-0.2, 0) is 6.42 Å². The SMILES string of the molecule is CC(=O)c1ccc2c(c1)CCCC2NC(=O)c1cc2ccccc2s1. The molecule has 1 amide bonds. The fourth-order valence-electron chi connectivity index (χ4n) is 3.51. The second-order valence-electron chi connectivity index (χ2n) is 6.54. The van der Waals surface area contributed by atoms with Gasteiger partial charge in [-0.25, -0.2) is 0 Å². The fourth-order valence-corrected chi connectivity index (χ4v) is 4.47. The van der Waals surface area contributed by atoms with Crippen LogP contribution in [0.3, 0.4) is 0 Å². The average Bonchev–Trinajstić information content (AvgIpc) is 3.06. The number of Topliss-reactive ketones (excluding diaryl/α,β-unsaturated/α-hetero) is 1. The summed E-state index contributed by atoms with van der Waals surface area (Å²) in [5.74, 6) is 0.0638. The van der Waals surface area contributed by atoms with E-state index in [-0.39, 0.29) is 17.7 Å². The molecule has 4 heteroatoms. The molecule has 1 aromatic heterocycles. The van der Waals surface area contributed by atoms with E-state index in [0.717, 1.165) is 45.4 Å². The molecular formula is C21H19NO2S. The number of fused-ring (bicyclic) bond motifs is 2. The Hall–Kier alpha value is -2.46. The van der Waals surface area contributed by atoms with Gasteiger partial charge in [0, 0.05) is 10.3 Å². The van der Waals surface area contributed by atoms with Crippen molar-refractivity contribution in [3.8, 4) is 0 Å². The Balaban J connectivity index is 1.59. The minimum atomic E-state index is -0.0188. The Bertz CT molecular complexity index is 940. The normalized spacial score (nSPS) is 16.4. The number of benzene rings is 2.